The Bertz CT molecular complexity index is 322. The Labute approximate surface area is 69.0 Å². The molecule has 0 radical (unpaired) electrons. The van der Waals surface area contributed by atoms with Gasteiger partial charge in [0.1, 0.15) is 0 Å². The molecule has 2 rings (SSSR count). The Hall–Kier alpha value is -0.800. The van der Waals surface area contributed by atoms with E-state index < -0.39 is 0 Å². The van der Waals surface area contributed by atoms with Gasteiger partial charge >= 0.3 is 5.24 Å². The number of quaternary nitrogens is 1. The molecule has 0 spiro atoms. The van der Waals surface area contributed by atoms with Gasteiger partial charge in [0.05, 0.1) is 4.90 Å². The van der Waals surface area contributed by atoms with Crippen LogP contribution < -0.4 is 5.32 Å². The molecule has 1 aliphatic heterocycles. The zero-order valence-electron chi connectivity index (χ0n) is 6.13. The van der Waals surface area contributed by atoms with Crippen molar-refractivity contribution in [2.24, 2.45) is 0 Å². The molecular formula is C8H8NOS+. The van der Waals surface area contributed by atoms with Crippen molar-refractivity contribution in [3.8, 4) is 0 Å². The van der Waals surface area contributed by atoms with Crippen molar-refractivity contribution < 1.29 is 10.1 Å². The summed E-state index contributed by atoms with van der Waals surface area (Å²) in [5.41, 5.74) is 2.27. The zero-order chi connectivity index (χ0) is 7.84. The second-order valence-electron chi connectivity index (χ2n) is 2.61. The lowest BCUT2D eigenvalue weighted by Crippen LogP contribution is -2.78. The number of thioether (sulfide) groups is 1. The van der Waals surface area contributed by atoms with Crippen LogP contribution in [0.25, 0.3) is 0 Å². The molecule has 0 aliphatic carbocycles. The van der Waals surface area contributed by atoms with E-state index in [9.17, 15) is 4.79 Å². The highest BCUT2D eigenvalue weighted by atomic mass is 32.2. The van der Waals surface area contributed by atoms with Crippen LogP contribution in [0.2, 0.25) is 0 Å². The van der Waals surface area contributed by atoms with Crippen LogP contribution in [-0.4, -0.2) is 5.24 Å². The van der Waals surface area contributed by atoms with E-state index in [1.807, 2.05) is 25.1 Å². The molecule has 1 amide bonds. The predicted octanol–water partition coefficient (Wildman–Crippen LogP) is 1.42. The summed E-state index contributed by atoms with van der Waals surface area (Å²) in [5.74, 6) is 0. The average Bonchev–Trinajstić information content (AvgIpc) is 2.27. The molecular weight excluding hydrogens is 158 g/mol. The number of benzene rings is 1. The molecule has 1 aliphatic rings. The first-order chi connectivity index (χ1) is 5.25. The topological polar surface area (TPSA) is 33.7 Å². The summed E-state index contributed by atoms with van der Waals surface area (Å²) in [6.07, 6.45) is 0. The van der Waals surface area contributed by atoms with Crippen LogP contribution in [0.3, 0.4) is 0 Å². The van der Waals surface area contributed by atoms with Gasteiger partial charge in [0, 0.05) is 17.8 Å². The lowest BCUT2D eigenvalue weighted by molar-refractivity contribution is -0.451. The van der Waals surface area contributed by atoms with Gasteiger partial charge in [-0.05, 0) is 18.6 Å². The molecule has 0 saturated heterocycles. The first-order valence-electron chi connectivity index (χ1n) is 3.43. The maximum absolute atomic E-state index is 10.9. The third kappa shape index (κ3) is 1.17. The van der Waals surface area contributed by atoms with Gasteiger partial charge in [0.2, 0.25) is 0 Å². The highest BCUT2D eigenvalue weighted by molar-refractivity contribution is 8.13. The van der Waals surface area contributed by atoms with E-state index in [2.05, 4.69) is 0 Å². The molecule has 0 fully saturated rings. The molecule has 1 aromatic carbocycles. The standard InChI is InChI=1S/C8H7NOS/c1-5-2-3-6-7(4-5)11-8(10)9-6/h2-4H,1H3,(H,9,10)/p+1. The summed E-state index contributed by atoms with van der Waals surface area (Å²) in [5, 5.41) is 1.82. The molecule has 11 heavy (non-hydrogen) atoms. The fraction of sp³-hybridized carbons (Fsp3) is 0.125. The molecule has 3 heteroatoms. The number of carbonyl (C=O) groups excluding carboxylic acids is 1. The summed E-state index contributed by atoms with van der Waals surface area (Å²) in [4.78, 5) is 12.0. The summed E-state index contributed by atoms with van der Waals surface area (Å²) in [6, 6.07) is 6.05. The largest absolute Gasteiger partial charge is 0.381 e. The molecule has 0 unspecified atom stereocenters. The van der Waals surface area contributed by atoms with Crippen molar-refractivity contribution >= 4 is 22.7 Å². The Morgan fingerprint density at radius 3 is 3.09 bits per heavy atom. The molecule has 0 aromatic heterocycles. The molecule has 1 heterocycles. The van der Waals surface area contributed by atoms with Crippen molar-refractivity contribution in [2.45, 2.75) is 11.8 Å². The summed E-state index contributed by atoms with van der Waals surface area (Å²) >= 11 is 1.31. The smallest absolute Gasteiger partial charge is 0.240 e. The monoisotopic (exact) mass is 166 g/mol. The molecule has 1 aromatic rings. The third-order valence-electron chi connectivity index (χ3n) is 1.65. The van der Waals surface area contributed by atoms with Crippen LogP contribution in [0.4, 0.5) is 10.5 Å². The van der Waals surface area contributed by atoms with Crippen LogP contribution in [0.5, 0.6) is 0 Å². The summed E-state index contributed by atoms with van der Waals surface area (Å²) in [7, 11) is 0. The number of carbonyl (C=O) groups is 1. The Kier molecular flexibility index (Phi) is 1.47. The van der Waals surface area contributed by atoms with Crippen LogP contribution in [0.1, 0.15) is 5.56 Å². The van der Waals surface area contributed by atoms with Gasteiger partial charge in [-0.25, -0.2) is 10.1 Å². The van der Waals surface area contributed by atoms with Gasteiger partial charge in [-0.15, -0.1) is 0 Å². The molecule has 0 saturated carbocycles. The van der Waals surface area contributed by atoms with Crippen molar-refractivity contribution in [1.29, 1.82) is 0 Å². The first-order valence-corrected chi connectivity index (χ1v) is 4.24. The number of rotatable bonds is 0. The molecule has 0 bridgehead atoms. The van der Waals surface area contributed by atoms with E-state index in [1.54, 1.807) is 5.32 Å². The third-order valence-corrected chi connectivity index (χ3v) is 2.55. The molecule has 0 atom stereocenters. The maximum Gasteiger partial charge on any atom is 0.381 e. The number of hydrogen-bond donors (Lipinski definition) is 1. The van der Waals surface area contributed by atoms with E-state index >= 15 is 0 Å². The van der Waals surface area contributed by atoms with E-state index in [0.29, 0.717) is 0 Å². The SMILES string of the molecule is Cc1ccc2c(c1)SC(=O)[NH2+]2. The van der Waals surface area contributed by atoms with E-state index in [4.69, 9.17) is 0 Å². The number of aryl methyl sites for hydroxylation is 1. The van der Waals surface area contributed by atoms with Gasteiger partial charge in [0.25, 0.3) is 0 Å². The van der Waals surface area contributed by atoms with Gasteiger partial charge in [0.15, 0.2) is 5.69 Å². The van der Waals surface area contributed by atoms with Crippen LogP contribution in [0, 0.1) is 6.92 Å². The zero-order valence-corrected chi connectivity index (χ0v) is 6.94. The van der Waals surface area contributed by atoms with Gasteiger partial charge in [-0.3, -0.25) is 0 Å². The maximum atomic E-state index is 10.9. The van der Waals surface area contributed by atoms with Crippen molar-refractivity contribution in [3.05, 3.63) is 23.8 Å². The molecule has 2 N–H and O–H groups in total. The minimum absolute atomic E-state index is 0.144. The Morgan fingerprint density at radius 1 is 1.45 bits per heavy atom. The van der Waals surface area contributed by atoms with E-state index in [0.717, 1.165) is 10.6 Å². The number of fused-ring (bicyclic) bond motifs is 1. The van der Waals surface area contributed by atoms with Gasteiger partial charge < -0.3 is 0 Å². The lowest BCUT2D eigenvalue weighted by Gasteiger charge is -1.92. The van der Waals surface area contributed by atoms with Crippen LogP contribution >= 0.6 is 11.8 Å². The fourth-order valence-corrected chi connectivity index (χ4v) is 2.01. The quantitative estimate of drug-likeness (QED) is 0.591. The Balaban J connectivity index is 2.51. The molecule has 56 valence electrons. The number of hydrogen-bond acceptors (Lipinski definition) is 2. The summed E-state index contributed by atoms with van der Waals surface area (Å²) < 4.78 is 0. The lowest BCUT2D eigenvalue weighted by atomic mass is 10.2. The minimum Gasteiger partial charge on any atom is -0.240 e. The highest BCUT2D eigenvalue weighted by Gasteiger charge is 2.23. The summed E-state index contributed by atoms with van der Waals surface area (Å²) in [6.45, 7) is 2.03. The highest BCUT2D eigenvalue weighted by Crippen LogP contribution is 2.29. The predicted molar refractivity (Wildman–Crippen MR) is 44.0 cm³/mol. The number of amides is 1. The molecule has 2 nitrogen and oxygen atoms in total. The first kappa shape index (κ1) is 6.88. The number of nitrogens with two attached hydrogens (primary N) is 1. The van der Waals surface area contributed by atoms with E-state index in [1.165, 1.54) is 17.3 Å². The van der Waals surface area contributed by atoms with Crippen LogP contribution in [0.15, 0.2) is 23.1 Å². The van der Waals surface area contributed by atoms with Crippen molar-refractivity contribution in [3.63, 3.8) is 0 Å². The minimum atomic E-state index is 0.144. The number of primary amides is 1. The normalized spacial score (nSPS) is 15.2. The van der Waals surface area contributed by atoms with Crippen molar-refractivity contribution in [2.75, 3.05) is 0 Å². The second kappa shape index (κ2) is 2.36. The average molecular weight is 166 g/mol. The van der Waals surface area contributed by atoms with Gasteiger partial charge in [-0.2, -0.15) is 0 Å². The van der Waals surface area contributed by atoms with Crippen molar-refractivity contribution in [1.82, 2.24) is 0 Å². The Morgan fingerprint density at radius 2 is 2.27 bits per heavy atom. The fourth-order valence-electron chi connectivity index (χ4n) is 1.11. The van der Waals surface area contributed by atoms with Gasteiger partial charge in [-0.1, -0.05) is 6.07 Å². The van der Waals surface area contributed by atoms with E-state index in [-0.39, 0.29) is 5.24 Å². The van der Waals surface area contributed by atoms with Crippen LogP contribution in [-0.2, 0) is 0 Å². The second-order valence-corrected chi connectivity index (χ2v) is 3.65.